The fourth-order valence-corrected chi connectivity index (χ4v) is 5.32. The van der Waals surface area contributed by atoms with Gasteiger partial charge in [0.1, 0.15) is 11.9 Å². The molecule has 1 aromatic rings. The van der Waals surface area contributed by atoms with Gasteiger partial charge in [0.25, 0.3) is 0 Å². The number of hydrogen-bond acceptors (Lipinski definition) is 4. The minimum Gasteiger partial charge on any atom is -0.490 e. The molecule has 2 saturated heterocycles. The third-order valence-electron chi connectivity index (χ3n) is 6.33. The van der Waals surface area contributed by atoms with Crippen LogP contribution in [0.15, 0.2) is 6.07 Å². The van der Waals surface area contributed by atoms with E-state index in [4.69, 9.17) is 22.1 Å². The van der Waals surface area contributed by atoms with E-state index in [-0.39, 0.29) is 18.4 Å². The van der Waals surface area contributed by atoms with Gasteiger partial charge < -0.3 is 15.8 Å². The van der Waals surface area contributed by atoms with Crippen molar-refractivity contribution in [2.45, 2.75) is 63.5 Å². The topological polar surface area (TPSA) is 67.6 Å². The largest absolute Gasteiger partial charge is 0.490 e. The molecule has 0 radical (unpaired) electrons. The van der Waals surface area contributed by atoms with E-state index < -0.39 is 0 Å². The van der Waals surface area contributed by atoms with Crippen LogP contribution in [0.4, 0.5) is 5.69 Å². The summed E-state index contributed by atoms with van der Waals surface area (Å²) in [5.41, 5.74) is 8.78. The summed E-state index contributed by atoms with van der Waals surface area (Å²) in [5, 5.41) is 3.62. The van der Waals surface area contributed by atoms with Gasteiger partial charge in [-0.05, 0) is 58.2 Å². The Labute approximate surface area is 160 Å². The maximum Gasteiger partial charge on any atom is 0.224 e. The van der Waals surface area contributed by atoms with E-state index in [1.807, 2.05) is 6.92 Å². The van der Waals surface area contributed by atoms with Crippen molar-refractivity contribution in [3.63, 3.8) is 0 Å². The molecular formula is C20H28ClN3O2. The summed E-state index contributed by atoms with van der Waals surface area (Å²) in [4.78, 5) is 15.1. The fraction of sp³-hybridized carbons (Fsp3) is 0.650. The summed E-state index contributed by atoms with van der Waals surface area (Å²) in [5.74, 6) is 0.779. The number of nitrogens with one attached hydrogen (secondary N) is 1. The third-order valence-corrected chi connectivity index (χ3v) is 6.65. The summed E-state index contributed by atoms with van der Waals surface area (Å²) in [6, 6.07) is 1.78. The van der Waals surface area contributed by atoms with Crippen molar-refractivity contribution in [2.24, 2.45) is 0 Å². The molecular weight excluding hydrogens is 350 g/mol. The zero-order chi connectivity index (χ0) is 18.3. The number of hydrogen-bond donors (Lipinski definition) is 2. The molecule has 26 heavy (non-hydrogen) atoms. The standard InChI is InChI=1S/C20H28ClN3O2/c1-13-10-15-18(22)16(21)11-14(19(15)26-13)12-17(25)23-7-6-20-4-2-8-24(20)9-3-5-20/h11,13H,2-10,12,22H2,1H3,(H,23,25). The number of ether oxygens (including phenoxy) is 1. The second-order valence-electron chi connectivity index (χ2n) is 8.07. The highest BCUT2D eigenvalue weighted by Gasteiger charge is 2.43. The van der Waals surface area contributed by atoms with Crippen molar-refractivity contribution in [3.05, 3.63) is 22.2 Å². The van der Waals surface area contributed by atoms with E-state index in [0.29, 0.717) is 16.2 Å². The number of amides is 1. The molecule has 0 aromatic heterocycles. The molecule has 2 fully saturated rings. The monoisotopic (exact) mass is 377 g/mol. The third kappa shape index (κ3) is 3.16. The highest BCUT2D eigenvalue weighted by molar-refractivity contribution is 6.33. The van der Waals surface area contributed by atoms with Crippen LogP contribution in [0.25, 0.3) is 0 Å². The van der Waals surface area contributed by atoms with E-state index >= 15 is 0 Å². The van der Waals surface area contributed by atoms with E-state index in [0.717, 1.165) is 36.3 Å². The van der Waals surface area contributed by atoms with Gasteiger partial charge in [0, 0.05) is 29.6 Å². The van der Waals surface area contributed by atoms with Crippen LogP contribution < -0.4 is 15.8 Å². The summed E-state index contributed by atoms with van der Waals surface area (Å²) in [6.45, 7) is 5.18. The van der Waals surface area contributed by atoms with Crippen molar-refractivity contribution in [2.75, 3.05) is 25.4 Å². The number of nitrogens with zero attached hydrogens (tertiary/aromatic N) is 1. The zero-order valence-electron chi connectivity index (χ0n) is 15.4. The maximum atomic E-state index is 12.5. The van der Waals surface area contributed by atoms with Gasteiger partial charge in [-0.3, -0.25) is 9.69 Å². The first-order valence-corrected chi connectivity index (χ1v) is 10.1. The smallest absolute Gasteiger partial charge is 0.224 e. The van der Waals surface area contributed by atoms with Crippen molar-refractivity contribution < 1.29 is 9.53 Å². The molecule has 6 heteroatoms. The Morgan fingerprint density at radius 2 is 2.15 bits per heavy atom. The molecule has 3 aliphatic heterocycles. The maximum absolute atomic E-state index is 12.5. The number of nitrogens with two attached hydrogens (primary N) is 1. The van der Waals surface area contributed by atoms with Gasteiger partial charge in [-0.1, -0.05) is 11.6 Å². The van der Waals surface area contributed by atoms with Crippen LogP contribution in [0.1, 0.15) is 50.2 Å². The highest BCUT2D eigenvalue weighted by atomic mass is 35.5. The van der Waals surface area contributed by atoms with Gasteiger partial charge >= 0.3 is 0 Å². The molecule has 4 rings (SSSR count). The number of anilines is 1. The lowest BCUT2D eigenvalue weighted by molar-refractivity contribution is -0.120. The lowest BCUT2D eigenvalue weighted by Gasteiger charge is -2.32. The molecule has 1 unspecified atom stereocenters. The van der Waals surface area contributed by atoms with Gasteiger partial charge in [-0.15, -0.1) is 0 Å². The van der Waals surface area contributed by atoms with E-state index in [1.165, 1.54) is 38.8 Å². The molecule has 1 amide bonds. The number of carbonyl (C=O) groups excluding carboxylic acids is 1. The van der Waals surface area contributed by atoms with Gasteiger partial charge in [0.2, 0.25) is 5.91 Å². The quantitative estimate of drug-likeness (QED) is 0.774. The Bertz CT molecular complexity index is 711. The first-order chi connectivity index (χ1) is 12.5. The van der Waals surface area contributed by atoms with E-state index in [9.17, 15) is 4.79 Å². The molecule has 3 heterocycles. The number of rotatable bonds is 5. The first-order valence-electron chi connectivity index (χ1n) is 9.77. The van der Waals surface area contributed by atoms with Gasteiger partial charge in [-0.25, -0.2) is 0 Å². The van der Waals surface area contributed by atoms with Crippen LogP contribution in [-0.2, 0) is 17.6 Å². The fourth-order valence-electron chi connectivity index (χ4n) is 5.07. The predicted octanol–water partition coefficient (Wildman–Crippen LogP) is 2.92. The summed E-state index contributed by atoms with van der Waals surface area (Å²) in [6.07, 6.45) is 7.28. The number of nitrogen functional groups attached to an aromatic ring is 1. The Hall–Kier alpha value is -1.46. The lowest BCUT2D eigenvalue weighted by atomic mass is 9.90. The zero-order valence-corrected chi connectivity index (χ0v) is 16.2. The predicted molar refractivity (Wildman–Crippen MR) is 104 cm³/mol. The van der Waals surface area contributed by atoms with E-state index in [1.54, 1.807) is 6.07 Å². The Balaban J connectivity index is 1.37. The molecule has 0 saturated carbocycles. The number of carbonyl (C=O) groups is 1. The minimum atomic E-state index is 0.0233. The van der Waals surface area contributed by atoms with Crippen molar-refractivity contribution in [1.82, 2.24) is 10.2 Å². The van der Waals surface area contributed by atoms with Crippen molar-refractivity contribution in [1.29, 1.82) is 0 Å². The molecule has 1 atom stereocenters. The second kappa shape index (κ2) is 6.93. The Morgan fingerprint density at radius 1 is 1.42 bits per heavy atom. The molecule has 1 aromatic carbocycles. The molecule has 3 aliphatic rings. The molecule has 0 spiro atoms. The Kier molecular flexibility index (Phi) is 4.78. The summed E-state index contributed by atoms with van der Waals surface area (Å²) < 4.78 is 5.89. The van der Waals surface area contributed by atoms with Crippen molar-refractivity contribution >= 4 is 23.2 Å². The lowest BCUT2D eigenvalue weighted by Crippen LogP contribution is -2.41. The van der Waals surface area contributed by atoms with Crippen LogP contribution in [0.2, 0.25) is 5.02 Å². The molecule has 5 nitrogen and oxygen atoms in total. The summed E-state index contributed by atoms with van der Waals surface area (Å²) >= 11 is 6.26. The van der Waals surface area contributed by atoms with Crippen LogP contribution in [0.3, 0.4) is 0 Å². The SMILES string of the molecule is CC1Cc2c(N)c(Cl)cc(CC(=O)NCCC34CCCN3CCC4)c2O1. The highest BCUT2D eigenvalue weighted by Crippen LogP contribution is 2.42. The Morgan fingerprint density at radius 3 is 2.88 bits per heavy atom. The number of fused-ring (bicyclic) bond motifs is 2. The van der Waals surface area contributed by atoms with Gasteiger partial charge in [-0.2, -0.15) is 0 Å². The molecule has 142 valence electrons. The average molecular weight is 378 g/mol. The molecule has 3 N–H and O–H groups in total. The first kappa shape index (κ1) is 17.9. The van der Waals surface area contributed by atoms with Crippen LogP contribution in [0.5, 0.6) is 5.75 Å². The number of benzene rings is 1. The minimum absolute atomic E-state index is 0.0233. The van der Waals surface area contributed by atoms with Gasteiger partial charge in [0.05, 0.1) is 17.1 Å². The van der Waals surface area contributed by atoms with E-state index in [2.05, 4.69) is 10.2 Å². The van der Waals surface area contributed by atoms with Crippen LogP contribution in [-0.4, -0.2) is 42.1 Å². The molecule has 0 aliphatic carbocycles. The summed E-state index contributed by atoms with van der Waals surface area (Å²) in [7, 11) is 0. The second-order valence-corrected chi connectivity index (χ2v) is 8.47. The van der Waals surface area contributed by atoms with Crippen LogP contribution >= 0.6 is 11.6 Å². The van der Waals surface area contributed by atoms with Gasteiger partial charge in [0.15, 0.2) is 0 Å². The normalized spacial score (nSPS) is 23.5. The number of halogens is 1. The van der Waals surface area contributed by atoms with Crippen molar-refractivity contribution in [3.8, 4) is 5.75 Å². The average Bonchev–Trinajstić information content (AvgIpc) is 3.26. The van der Waals surface area contributed by atoms with Crippen LogP contribution in [0, 0.1) is 0 Å². The molecule has 0 bridgehead atoms.